The second kappa shape index (κ2) is 9.59. The summed E-state index contributed by atoms with van der Waals surface area (Å²) in [7, 11) is 0. The Balaban J connectivity index is 1.43. The zero-order valence-electron chi connectivity index (χ0n) is 21.5. The van der Waals surface area contributed by atoms with Gasteiger partial charge < -0.3 is 4.57 Å². The molecule has 0 radical (unpaired) electrons. The van der Waals surface area contributed by atoms with Gasteiger partial charge in [0.2, 0.25) is 0 Å². The van der Waals surface area contributed by atoms with E-state index in [9.17, 15) is 0 Å². The number of hydrogen-bond donors (Lipinski definition) is 0. The number of pyridine rings is 1. The van der Waals surface area contributed by atoms with Crippen molar-refractivity contribution in [2.45, 2.75) is 0 Å². The van der Waals surface area contributed by atoms with Gasteiger partial charge >= 0.3 is 0 Å². The maximum Gasteiger partial charge on any atom is 0.0716 e. The Morgan fingerprint density at radius 3 is 1.72 bits per heavy atom. The van der Waals surface area contributed by atoms with Crippen LogP contribution < -0.4 is 0 Å². The number of aromatic nitrogens is 2. The van der Waals surface area contributed by atoms with Gasteiger partial charge in [-0.25, -0.2) is 4.98 Å². The van der Waals surface area contributed by atoms with Crippen molar-refractivity contribution in [1.82, 2.24) is 9.55 Å². The molecule has 5 aromatic carbocycles. The van der Waals surface area contributed by atoms with Crippen molar-refractivity contribution in [3.63, 3.8) is 0 Å². The van der Waals surface area contributed by atoms with E-state index in [-0.39, 0.29) is 0 Å². The van der Waals surface area contributed by atoms with Gasteiger partial charge in [-0.2, -0.15) is 0 Å². The third kappa shape index (κ3) is 4.13. The summed E-state index contributed by atoms with van der Waals surface area (Å²) in [5.74, 6) is 0. The largest absolute Gasteiger partial charge is 0.309 e. The molecule has 39 heavy (non-hydrogen) atoms. The Labute approximate surface area is 228 Å². The molecule has 0 aliphatic carbocycles. The first-order chi connectivity index (χ1) is 19.3. The van der Waals surface area contributed by atoms with Gasteiger partial charge in [-0.15, -0.1) is 0 Å². The third-order valence-corrected chi connectivity index (χ3v) is 7.33. The lowest BCUT2D eigenvalue weighted by Crippen LogP contribution is -1.96. The van der Waals surface area contributed by atoms with E-state index in [2.05, 4.69) is 151 Å². The van der Waals surface area contributed by atoms with E-state index >= 15 is 0 Å². The van der Waals surface area contributed by atoms with Gasteiger partial charge in [0, 0.05) is 27.6 Å². The van der Waals surface area contributed by atoms with Crippen LogP contribution >= 0.6 is 0 Å². The molecule has 2 heteroatoms. The van der Waals surface area contributed by atoms with Gasteiger partial charge in [-0.05, 0) is 59.2 Å². The average molecular weight is 499 g/mol. The molecule has 2 heterocycles. The maximum atomic E-state index is 5.18. The molecule has 0 aliphatic rings. The first-order valence-corrected chi connectivity index (χ1v) is 13.2. The van der Waals surface area contributed by atoms with Gasteiger partial charge in [-0.3, -0.25) is 0 Å². The highest BCUT2D eigenvalue weighted by Gasteiger charge is 2.14. The fourth-order valence-corrected chi connectivity index (χ4v) is 5.45. The van der Waals surface area contributed by atoms with Crippen molar-refractivity contribution in [2.24, 2.45) is 0 Å². The number of hydrogen-bond acceptors (Lipinski definition) is 1. The average Bonchev–Trinajstić information content (AvgIpc) is 3.36. The van der Waals surface area contributed by atoms with Crippen LogP contribution in [0, 0.1) is 0 Å². The summed E-state index contributed by atoms with van der Waals surface area (Å²) in [6.07, 6.45) is 1.88. The lowest BCUT2D eigenvalue weighted by atomic mass is 9.99. The first-order valence-electron chi connectivity index (χ1n) is 13.2. The van der Waals surface area contributed by atoms with Crippen molar-refractivity contribution in [2.75, 3.05) is 0 Å². The molecule has 0 bridgehead atoms. The third-order valence-electron chi connectivity index (χ3n) is 7.33. The quantitative estimate of drug-likeness (QED) is 0.231. The first kappa shape index (κ1) is 22.9. The predicted octanol–water partition coefficient (Wildman–Crippen LogP) is 9.82. The molecule has 0 unspecified atom stereocenters. The minimum absolute atomic E-state index is 0.942. The number of nitrogens with zero attached hydrogens (tertiary/aromatic N) is 2. The fraction of sp³-hybridized carbons (Fsp3) is 0. The van der Waals surface area contributed by atoms with E-state index in [1.54, 1.807) is 0 Å². The summed E-state index contributed by atoms with van der Waals surface area (Å²) >= 11 is 0. The van der Waals surface area contributed by atoms with Crippen molar-refractivity contribution in [3.8, 4) is 39.3 Å². The van der Waals surface area contributed by atoms with Gasteiger partial charge in [0.15, 0.2) is 0 Å². The molecule has 0 fully saturated rings. The summed E-state index contributed by atoms with van der Waals surface area (Å²) in [6.45, 7) is 3.95. The van der Waals surface area contributed by atoms with Gasteiger partial charge in [0.05, 0.1) is 22.4 Å². The maximum absolute atomic E-state index is 5.18. The predicted molar refractivity (Wildman–Crippen MR) is 165 cm³/mol. The molecule has 0 aliphatic heterocycles. The molecule has 7 rings (SSSR count). The zero-order chi connectivity index (χ0) is 26.2. The summed E-state index contributed by atoms with van der Waals surface area (Å²) in [4.78, 5) is 5.18. The Hall–Kier alpha value is -5.21. The second-order valence-corrected chi connectivity index (χ2v) is 9.74. The molecular formula is C37H26N2. The Bertz CT molecular complexity index is 1930. The number of rotatable bonds is 5. The second-order valence-electron chi connectivity index (χ2n) is 9.74. The van der Waals surface area contributed by atoms with E-state index in [1.807, 2.05) is 6.08 Å². The zero-order valence-corrected chi connectivity index (χ0v) is 21.5. The summed E-state index contributed by atoms with van der Waals surface area (Å²) in [5.41, 5.74) is 10.9. The fourth-order valence-electron chi connectivity index (χ4n) is 5.45. The normalized spacial score (nSPS) is 11.2. The van der Waals surface area contributed by atoms with Gasteiger partial charge in [0.1, 0.15) is 0 Å². The Morgan fingerprint density at radius 1 is 0.487 bits per heavy atom. The number of benzene rings is 5. The molecule has 184 valence electrons. The Morgan fingerprint density at radius 2 is 1.05 bits per heavy atom. The van der Waals surface area contributed by atoms with Crippen LogP contribution in [0.4, 0.5) is 0 Å². The van der Waals surface area contributed by atoms with Crippen LogP contribution in [0.25, 0.3) is 67.2 Å². The van der Waals surface area contributed by atoms with Crippen LogP contribution in [0.3, 0.4) is 0 Å². The van der Waals surface area contributed by atoms with Crippen LogP contribution in [0.5, 0.6) is 0 Å². The van der Waals surface area contributed by atoms with Crippen LogP contribution in [0.2, 0.25) is 0 Å². The van der Waals surface area contributed by atoms with Crippen molar-refractivity contribution >= 4 is 27.9 Å². The highest BCUT2D eigenvalue weighted by molar-refractivity contribution is 6.09. The van der Waals surface area contributed by atoms with Crippen molar-refractivity contribution < 1.29 is 0 Å². The molecule has 0 spiro atoms. The van der Waals surface area contributed by atoms with Crippen LogP contribution in [0.1, 0.15) is 5.56 Å². The standard InChI is InChI=1S/C37H26N2/c1-2-26-12-10-15-28(22-26)34-24-30(27-13-4-3-5-14-27)25-35(38-34)29-16-11-17-31(23-29)39-36-20-8-6-18-32(36)33-19-7-9-21-37(33)39/h2-25H,1H2. The van der Waals surface area contributed by atoms with Crippen LogP contribution in [0.15, 0.2) is 146 Å². The summed E-state index contributed by atoms with van der Waals surface area (Å²) < 4.78 is 2.35. The SMILES string of the molecule is C=Cc1cccc(-c2cc(-c3ccccc3)cc(-c3cccc(-n4c5ccccc5c5ccccc54)c3)n2)c1. The van der Waals surface area contributed by atoms with Gasteiger partial charge in [0.25, 0.3) is 0 Å². The minimum atomic E-state index is 0.942. The molecule has 0 saturated heterocycles. The van der Waals surface area contributed by atoms with E-state index in [1.165, 1.54) is 27.4 Å². The molecule has 0 amide bonds. The van der Waals surface area contributed by atoms with Crippen molar-refractivity contribution in [1.29, 1.82) is 0 Å². The molecule has 0 N–H and O–H groups in total. The van der Waals surface area contributed by atoms with E-state index < -0.39 is 0 Å². The molecular weight excluding hydrogens is 472 g/mol. The lowest BCUT2D eigenvalue weighted by molar-refractivity contribution is 1.18. The van der Waals surface area contributed by atoms with E-state index in [0.717, 1.165) is 39.3 Å². The monoisotopic (exact) mass is 498 g/mol. The van der Waals surface area contributed by atoms with Crippen LogP contribution in [-0.4, -0.2) is 9.55 Å². The minimum Gasteiger partial charge on any atom is -0.309 e. The molecule has 7 aromatic rings. The van der Waals surface area contributed by atoms with Gasteiger partial charge in [-0.1, -0.05) is 110 Å². The van der Waals surface area contributed by atoms with Crippen LogP contribution in [-0.2, 0) is 0 Å². The van der Waals surface area contributed by atoms with E-state index in [4.69, 9.17) is 4.98 Å². The number of fused-ring (bicyclic) bond motifs is 3. The molecule has 2 aromatic heterocycles. The molecule has 0 saturated carbocycles. The van der Waals surface area contributed by atoms with E-state index in [0.29, 0.717) is 0 Å². The lowest BCUT2D eigenvalue weighted by Gasteiger charge is -2.13. The van der Waals surface area contributed by atoms with Crippen molar-refractivity contribution in [3.05, 3.63) is 152 Å². The highest BCUT2D eigenvalue weighted by atomic mass is 15.0. The molecule has 2 nitrogen and oxygen atoms in total. The molecule has 0 atom stereocenters. The Kier molecular flexibility index (Phi) is 5.64. The summed E-state index contributed by atoms with van der Waals surface area (Å²) in [5, 5.41) is 2.51. The highest BCUT2D eigenvalue weighted by Crippen LogP contribution is 2.35. The number of para-hydroxylation sites is 2. The topological polar surface area (TPSA) is 17.8 Å². The summed E-state index contributed by atoms with van der Waals surface area (Å²) in [6, 6.07) is 49.2. The smallest absolute Gasteiger partial charge is 0.0716 e.